The quantitative estimate of drug-likeness (QED) is 0.777. The minimum Gasteiger partial charge on any atom is -0.399 e. The minimum atomic E-state index is -0.430. The summed E-state index contributed by atoms with van der Waals surface area (Å²) < 4.78 is 14.0. The first-order chi connectivity index (χ1) is 10.1. The SMILES string of the molecule is Nc1ccc2c(c1)N(C(=O)c1cc(F)ccc1Br)CCS2. The first-order valence-corrected chi connectivity index (χ1v) is 8.13. The van der Waals surface area contributed by atoms with E-state index in [1.165, 1.54) is 12.1 Å². The van der Waals surface area contributed by atoms with Crippen LogP contribution in [0.3, 0.4) is 0 Å². The number of benzene rings is 2. The van der Waals surface area contributed by atoms with Crippen LogP contribution >= 0.6 is 27.7 Å². The van der Waals surface area contributed by atoms with Crippen LogP contribution in [-0.4, -0.2) is 18.2 Å². The number of nitrogen functional groups attached to an aromatic ring is 1. The minimum absolute atomic E-state index is 0.228. The molecule has 0 atom stereocenters. The van der Waals surface area contributed by atoms with Gasteiger partial charge in [-0.05, 0) is 52.3 Å². The number of hydrogen-bond donors (Lipinski definition) is 1. The van der Waals surface area contributed by atoms with E-state index in [4.69, 9.17) is 5.73 Å². The van der Waals surface area contributed by atoms with Crippen molar-refractivity contribution in [1.82, 2.24) is 0 Å². The van der Waals surface area contributed by atoms with Gasteiger partial charge in [0.2, 0.25) is 0 Å². The van der Waals surface area contributed by atoms with E-state index in [0.29, 0.717) is 22.3 Å². The van der Waals surface area contributed by atoms with Crippen molar-refractivity contribution in [3.63, 3.8) is 0 Å². The van der Waals surface area contributed by atoms with Crippen molar-refractivity contribution >= 4 is 45.0 Å². The van der Waals surface area contributed by atoms with Crippen LogP contribution in [0, 0.1) is 5.82 Å². The number of thioether (sulfide) groups is 1. The van der Waals surface area contributed by atoms with E-state index in [2.05, 4.69) is 15.9 Å². The van der Waals surface area contributed by atoms with Crippen LogP contribution in [0.1, 0.15) is 10.4 Å². The molecule has 3 nitrogen and oxygen atoms in total. The van der Waals surface area contributed by atoms with Crippen LogP contribution in [0.15, 0.2) is 45.8 Å². The molecule has 1 heterocycles. The van der Waals surface area contributed by atoms with Crippen LogP contribution < -0.4 is 10.6 Å². The fraction of sp³-hybridized carbons (Fsp3) is 0.133. The number of hydrogen-bond acceptors (Lipinski definition) is 3. The van der Waals surface area contributed by atoms with Gasteiger partial charge in [-0.15, -0.1) is 11.8 Å². The van der Waals surface area contributed by atoms with Gasteiger partial charge in [0.1, 0.15) is 5.82 Å². The molecular formula is C15H12BrFN2OS. The van der Waals surface area contributed by atoms with Crippen LogP contribution in [0.4, 0.5) is 15.8 Å². The average Bonchev–Trinajstić information content (AvgIpc) is 2.48. The summed E-state index contributed by atoms with van der Waals surface area (Å²) in [6.07, 6.45) is 0. The molecule has 1 aliphatic rings. The largest absolute Gasteiger partial charge is 0.399 e. The number of nitrogens with two attached hydrogens (primary N) is 1. The van der Waals surface area contributed by atoms with Gasteiger partial charge in [-0.3, -0.25) is 4.79 Å². The highest BCUT2D eigenvalue weighted by molar-refractivity contribution is 9.10. The predicted octanol–water partition coefficient (Wildman–Crippen LogP) is 3.92. The molecule has 1 amide bonds. The van der Waals surface area contributed by atoms with Gasteiger partial charge in [0.15, 0.2) is 0 Å². The molecular weight excluding hydrogens is 355 g/mol. The highest BCUT2D eigenvalue weighted by Gasteiger charge is 2.25. The molecule has 0 spiro atoms. The lowest BCUT2D eigenvalue weighted by molar-refractivity contribution is 0.0986. The second kappa shape index (κ2) is 5.69. The van der Waals surface area contributed by atoms with Crippen molar-refractivity contribution in [3.8, 4) is 0 Å². The van der Waals surface area contributed by atoms with Gasteiger partial charge in [0.25, 0.3) is 5.91 Å². The number of halogens is 2. The molecule has 0 fully saturated rings. The third kappa shape index (κ3) is 2.78. The van der Waals surface area contributed by atoms with Gasteiger partial charge in [0.05, 0.1) is 11.3 Å². The Morgan fingerprint density at radius 3 is 2.90 bits per heavy atom. The number of fused-ring (bicyclic) bond motifs is 1. The fourth-order valence-corrected chi connectivity index (χ4v) is 3.64. The third-order valence-electron chi connectivity index (χ3n) is 3.25. The first kappa shape index (κ1) is 14.4. The maximum absolute atomic E-state index is 13.4. The van der Waals surface area contributed by atoms with Crippen molar-refractivity contribution in [2.24, 2.45) is 0 Å². The summed E-state index contributed by atoms with van der Waals surface area (Å²) >= 11 is 4.99. The molecule has 2 aromatic carbocycles. The average molecular weight is 367 g/mol. The number of amides is 1. The van der Waals surface area contributed by atoms with E-state index in [1.54, 1.807) is 28.8 Å². The van der Waals surface area contributed by atoms with E-state index in [9.17, 15) is 9.18 Å². The second-order valence-electron chi connectivity index (χ2n) is 4.66. The number of nitrogens with zero attached hydrogens (tertiary/aromatic N) is 1. The van der Waals surface area contributed by atoms with Crippen molar-refractivity contribution in [2.45, 2.75) is 4.90 Å². The summed E-state index contributed by atoms with van der Waals surface area (Å²) in [7, 11) is 0. The van der Waals surface area contributed by atoms with Crippen molar-refractivity contribution < 1.29 is 9.18 Å². The van der Waals surface area contributed by atoms with Crippen molar-refractivity contribution in [1.29, 1.82) is 0 Å². The van der Waals surface area contributed by atoms with E-state index in [0.717, 1.165) is 16.3 Å². The molecule has 2 N–H and O–H groups in total. The summed E-state index contributed by atoms with van der Waals surface area (Å²) in [5, 5.41) is 0. The van der Waals surface area contributed by atoms with Crippen molar-refractivity contribution in [3.05, 3.63) is 52.3 Å². The molecule has 0 radical (unpaired) electrons. The summed E-state index contributed by atoms with van der Waals surface area (Å²) in [6.45, 7) is 0.572. The number of rotatable bonds is 1. The van der Waals surface area contributed by atoms with E-state index >= 15 is 0 Å². The molecule has 0 bridgehead atoms. The molecule has 3 rings (SSSR count). The molecule has 0 aromatic heterocycles. The first-order valence-electron chi connectivity index (χ1n) is 6.35. The Balaban J connectivity index is 2.04. The lowest BCUT2D eigenvalue weighted by atomic mass is 10.1. The molecule has 21 heavy (non-hydrogen) atoms. The zero-order valence-electron chi connectivity index (χ0n) is 11.0. The van der Waals surface area contributed by atoms with Gasteiger partial charge < -0.3 is 10.6 Å². The standard InChI is InChI=1S/C15H12BrFN2OS/c16-12-3-1-9(17)7-11(12)15(20)19-5-6-21-14-4-2-10(18)8-13(14)19/h1-4,7-8H,5-6,18H2. The molecule has 0 aliphatic carbocycles. The Kier molecular flexibility index (Phi) is 3.91. The highest BCUT2D eigenvalue weighted by Crippen LogP contribution is 2.37. The van der Waals surface area contributed by atoms with Crippen LogP contribution in [0.2, 0.25) is 0 Å². The van der Waals surface area contributed by atoms with Crippen LogP contribution in [0.5, 0.6) is 0 Å². The van der Waals surface area contributed by atoms with Crippen molar-refractivity contribution in [2.75, 3.05) is 22.9 Å². The van der Waals surface area contributed by atoms with Gasteiger partial charge in [0, 0.05) is 27.4 Å². The molecule has 0 saturated carbocycles. The zero-order chi connectivity index (χ0) is 15.0. The van der Waals surface area contributed by atoms with Gasteiger partial charge in [-0.1, -0.05) is 0 Å². The zero-order valence-corrected chi connectivity index (χ0v) is 13.4. The normalized spacial score (nSPS) is 13.9. The Morgan fingerprint density at radius 1 is 1.29 bits per heavy atom. The van der Waals surface area contributed by atoms with Gasteiger partial charge in [-0.25, -0.2) is 4.39 Å². The van der Waals surface area contributed by atoms with E-state index in [-0.39, 0.29) is 5.91 Å². The molecule has 108 valence electrons. The molecule has 6 heteroatoms. The van der Waals surface area contributed by atoms with E-state index in [1.807, 2.05) is 12.1 Å². The third-order valence-corrected chi connectivity index (χ3v) is 4.98. The van der Waals surface area contributed by atoms with Gasteiger partial charge in [-0.2, -0.15) is 0 Å². The van der Waals surface area contributed by atoms with E-state index < -0.39 is 5.82 Å². The summed E-state index contributed by atoms with van der Waals surface area (Å²) in [5.74, 6) is 0.143. The summed E-state index contributed by atoms with van der Waals surface area (Å²) in [6, 6.07) is 9.63. The molecule has 0 unspecified atom stereocenters. The highest BCUT2D eigenvalue weighted by atomic mass is 79.9. The monoisotopic (exact) mass is 366 g/mol. The number of carbonyl (C=O) groups excluding carboxylic acids is 1. The lowest BCUT2D eigenvalue weighted by Gasteiger charge is -2.29. The smallest absolute Gasteiger partial charge is 0.259 e. The summed E-state index contributed by atoms with van der Waals surface area (Å²) in [5.41, 5.74) is 7.52. The molecule has 2 aromatic rings. The number of carbonyl (C=O) groups is 1. The van der Waals surface area contributed by atoms with Gasteiger partial charge >= 0.3 is 0 Å². The Bertz CT molecular complexity index is 723. The Morgan fingerprint density at radius 2 is 2.10 bits per heavy atom. The maximum Gasteiger partial charge on any atom is 0.259 e. The predicted molar refractivity (Wildman–Crippen MR) is 87.4 cm³/mol. The Labute approximate surface area is 134 Å². The maximum atomic E-state index is 13.4. The molecule has 1 aliphatic heterocycles. The molecule has 0 saturated heterocycles. The Hall–Kier alpha value is -1.53. The van der Waals surface area contributed by atoms with Crippen LogP contribution in [0.25, 0.3) is 0 Å². The lowest BCUT2D eigenvalue weighted by Crippen LogP contribution is -2.35. The summed E-state index contributed by atoms with van der Waals surface area (Å²) in [4.78, 5) is 15.4. The second-order valence-corrected chi connectivity index (χ2v) is 6.65. The topological polar surface area (TPSA) is 46.3 Å². The fourth-order valence-electron chi connectivity index (χ4n) is 2.25. The van der Waals surface area contributed by atoms with Crippen LogP contribution in [-0.2, 0) is 0 Å². The number of anilines is 2.